The lowest BCUT2D eigenvalue weighted by molar-refractivity contribution is 0.171. The van der Waals surface area contributed by atoms with Gasteiger partial charge in [0.2, 0.25) is 0 Å². The number of ether oxygens (including phenoxy) is 2. The Morgan fingerprint density at radius 1 is 1.08 bits per heavy atom. The second-order valence-corrected chi connectivity index (χ2v) is 7.97. The smallest absolute Gasteiger partial charge is 0.161 e. The van der Waals surface area contributed by atoms with Gasteiger partial charge in [-0.2, -0.15) is 0 Å². The number of nitrogens with one attached hydrogen (secondary N) is 1. The summed E-state index contributed by atoms with van der Waals surface area (Å²) < 4.78 is 11.3. The van der Waals surface area contributed by atoms with Gasteiger partial charge in [-0.05, 0) is 55.9 Å². The highest BCUT2D eigenvalue weighted by atomic mass is 32.1. The molecule has 0 bridgehead atoms. The molecule has 26 heavy (non-hydrogen) atoms. The minimum Gasteiger partial charge on any atom is -0.486 e. The van der Waals surface area contributed by atoms with Crippen LogP contribution >= 0.6 is 11.3 Å². The second kappa shape index (κ2) is 6.43. The Bertz CT molecular complexity index is 969. The molecule has 0 saturated carbocycles. The van der Waals surface area contributed by atoms with Crippen LogP contribution in [-0.2, 0) is 12.8 Å². The maximum atomic E-state index is 5.72. The van der Waals surface area contributed by atoms with E-state index in [-0.39, 0.29) is 6.04 Å². The van der Waals surface area contributed by atoms with Gasteiger partial charge in [0, 0.05) is 4.88 Å². The van der Waals surface area contributed by atoms with Crippen LogP contribution in [-0.4, -0.2) is 23.2 Å². The number of anilines is 1. The molecule has 1 N–H and O–H groups in total. The van der Waals surface area contributed by atoms with Crippen molar-refractivity contribution in [3.8, 4) is 11.5 Å². The van der Waals surface area contributed by atoms with E-state index in [2.05, 4.69) is 34.3 Å². The summed E-state index contributed by atoms with van der Waals surface area (Å²) in [5.41, 5.74) is 2.61. The maximum absolute atomic E-state index is 5.72. The van der Waals surface area contributed by atoms with Crippen molar-refractivity contribution in [3.05, 3.63) is 40.5 Å². The summed E-state index contributed by atoms with van der Waals surface area (Å²) in [5, 5.41) is 4.82. The van der Waals surface area contributed by atoms with Crippen molar-refractivity contribution in [3.63, 3.8) is 0 Å². The third kappa shape index (κ3) is 2.69. The Kier molecular flexibility index (Phi) is 3.93. The fourth-order valence-corrected chi connectivity index (χ4v) is 5.05. The first-order valence-electron chi connectivity index (χ1n) is 9.21. The van der Waals surface area contributed by atoms with Crippen LogP contribution in [0, 0.1) is 0 Å². The molecule has 134 valence electrons. The van der Waals surface area contributed by atoms with Gasteiger partial charge in [0.25, 0.3) is 0 Å². The summed E-state index contributed by atoms with van der Waals surface area (Å²) in [7, 11) is 0. The van der Waals surface area contributed by atoms with Gasteiger partial charge in [0.15, 0.2) is 11.5 Å². The van der Waals surface area contributed by atoms with Crippen LogP contribution in [0.1, 0.15) is 41.8 Å². The summed E-state index contributed by atoms with van der Waals surface area (Å²) in [5.74, 6) is 2.59. The SMILES string of the molecule is C[C@@H](Nc1ncnc2sc3c(c12)CCCC3)c1ccc2c(c1)OCCO2. The van der Waals surface area contributed by atoms with E-state index in [4.69, 9.17) is 9.47 Å². The Morgan fingerprint density at radius 3 is 2.85 bits per heavy atom. The van der Waals surface area contributed by atoms with Crippen molar-refractivity contribution in [2.24, 2.45) is 0 Å². The van der Waals surface area contributed by atoms with E-state index >= 15 is 0 Å². The molecule has 1 aliphatic carbocycles. The molecule has 0 radical (unpaired) electrons. The molecule has 3 heterocycles. The zero-order valence-corrected chi connectivity index (χ0v) is 15.6. The average molecular weight is 367 g/mol. The normalized spacial score (nSPS) is 17.0. The first-order valence-corrected chi connectivity index (χ1v) is 10.0. The molecule has 1 aromatic carbocycles. The molecule has 0 fully saturated rings. The predicted octanol–water partition coefficient (Wildman–Crippen LogP) is 4.51. The summed E-state index contributed by atoms with van der Waals surface area (Å²) in [6.07, 6.45) is 6.51. The van der Waals surface area contributed by atoms with E-state index in [1.165, 1.54) is 35.1 Å². The van der Waals surface area contributed by atoms with Crippen LogP contribution in [0.15, 0.2) is 24.5 Å². The van der Waals surface area contributed by atoms with Gasteiger partial charge in [-0.25, -0.2) is 9.97 Å². The highest BCUT2D eigenvalue weighted by Crippen LogP contribution is 2.39. The van der Waals surface area contributed by atoms with Crippen LogP contribution in [0.2, 0.25) is 0 Å². The van der Waals surface area contributed by atoms with Gasteiger partial charge in [0.05, 0.1) is 11.4 Å². The quantitative estimate of drug-likeness (QED) is 0.738. The fourth-order valence-electron chi connectivity index (χ4n) is 3.82. The van der Waals surface area contributed by atoms with E-state index in [0.717, 1.165) is 34.1 Å². The Labute approximate surface area is 156 Å². The highest BCUT2D eigenvalue weighted by Gasteiger charge is 2.21. The lowest BCUT2D eigenvalue weighted by atomic mass is 9.97. The van der Waals surface area contributed by atoms with Gasteiger partial charge in [-0.15, -0.1) is 11.3 Å². The molecule has 2 aromatic heterocycles. The molecule has 0 amide bonds. The molecule has 6 heteroatoms. The van der Waals surface area contributed by atoms with Crippen LogP contribution in [0.5, 0.6) is 11.5 Å². The van der Waals surface area contributed by atoms with E-state index < -0.39 is 0 Å². The van der Waals surface area contributed by atoms with Crippen LogP contribution < -0.4 is 14.8 Å². The third-order valence-electron chi connectivity index (χ3n) is 5.17. The lowest BCUT2D eigenvalue weighted by Crippen LogP contribution is -2.16. The number of thiophene rings is 1. The molecular formula is C20H21N3O2S. The Morgan fingerprint density at radius 2 is 1.92 bits per heavy atom. The van der Waals surface area contributed by atoms with Crippen molar-refractivity contribution < 1.29 is 9.47 Å². The molecule has 5 rings (SSSR count). The van der Waals surface area contributed by atoms with Crippen LogP contribution in [0.3, 0.4) is 0 Å². The zero-order valence-electron chi connectivity index (χ0n) is 14.7. The van der Waals surface area contributed by atoms with Crippen molar-refractivity contribution >= 4 is 27.4 Å². The average Bonchev–Trinajstić information content (AvgIpc) is 3.07. The van der Waals surface area contributed by atoms with E-state index in [9.17, 15) is 0 Å². The third-order valence-corrected chi connectivity index (χ3v) is 6.37. The standard InChI is InChI=1S/C20H21N3O2S/c1-12(13-6-7-15-16(10-13)25-9-8-24-15)23-19-18-14-4-2-3-5-17(14)26-20(18)22-11-21-19/h6-7,10-12H,2-5,8-9H2,1H3,(H,21,22,23)/t12-/m1/s1. The summed E-state index contributed by atoms with van der Waals surface area (Å²) in [4.78, 5) is 11.7. The van der Waals surface area contributed by atoms with Crippen molar-refractivity contribution in [1.82, 2.24) is 9.97 Å². The van der Waals surface area contributed by atoms with E-state index in [1.54, 1.807) is 6.33 Å². The molecule has 0 unspecified atom stereocenters. The van der Waals surface area contributed by atoms with Crippen molar-refractivity contribution in [2.45, 2.75) is 38.6 Å². The number of aromatic nitrogens is 2. The molecule has 1 aliphatic heterocycles. The number of rotatable bonds is 3. The van der Waals surface area contributed by atoms with Gasteiger partial charge >= 0.3 is 0 Å². The number of benzene rings is 1. The number of hydrogen-bond donors (Lipinski definition) is 1. The molecule has 5 nitrogen and oxygen atoms in total. The van der Waals surface area contributed by atoms with Gasteiger partial charge < -0.3 is 14.8 Å². The summed E-state index contributed by atoms with van der Waals surface area (Å²) in [6, 6.07) is 6.26. The zero-order chi connectivity index (χ0) is 17.5. The van der Waals surface area contributed by atoms with Crippen LogP contribution in [0.25, 0.3) is 10.2 Å². The number of hydrogen-bond acceptors (Lipinski definition) is 6. The van der Waals surface area contributed by atoms with Crippen molar-refractivity contribution in [1.29, 1.82) is 0 Å². The molecule has 1 atom stereocenters. The van der Waals surface area contributed by atoms with Crippen LogP contribution in [0.4, 0.5) is 5.82 Å². The Hall–Kier alpha value is -2.34. The van der Waals surface area contributed by atoms with E-state index in [1.807, 2.05) is 17.4 Å². The number of fused-ring (bicyclic) bond motifs is 4. The summed E-state index contributed by atoms with van der Waals surface area (Å²) in [6.45, 7) is 3.37. The number of nitrogens with zero attached hydrogens (tertiary/aromatic N) is 2. The van der Waals surface area contributed by atoms with Gasteiger partial charge in [-0.1, -0.05) is 6.07 Å². The molecule has 2 aliphatic rings. The van der Waals surface area contributed by atoms with Gasteiger partial charge in [0.1, 0.15) is 30.2 Å². The minimum absolute atomic E-state index is 0.114. The molecule has 3 aromatic rings. The molecule has 0 saturated heterocycles. The number of aryl methyl sites for hydroxylation is 2. The maximum Gasteiger partial charge on any atom is 0.161 e. The van der Waals surface area contributed by atoms with Crippen molar-refractivity contribution in [2.75, 3.05) is 18.5 Å². The summed E-state index contributed by atoms with van der Waals surface area (Å²) >= 11 is 1.83. The first kappa shape index (κ1) is 15.9. The van der Waals surface area contributed by atoms with Gasteiger partial charge in [-0.3, -0.25) is 0 Å². The second-order valence-electron chi connectivity index (χ2n) is 6.88. The lowest BCUT2D eigenvalue weighted by Gasteiger charge is -2.21. The first-order chi connectivity index (χ1) is 12.8. The molecular weight excluding hydrogens is 346 g/mol. The largest absolute Gasteiger partial charge is 0.486 e. The molecule has 0 spiro atoms. The monoisotopic (exact) mass is 367 g/mol. The predicted molar refractivity (Wildman–Crippen MR) is 104 cm³/mol. The topological polar surface area (TPSA) is 56.3 Å². The van der Waals surface area contributed by atoms with E-state index in [0.29, 0.717) is 13.2 Å². The fraction of sp³-hybridized carbons (Fsp3) is 0.400. The Balaban J connectivity index is 1.48. The highest BCUT2D eigenvalue weighted by molar-refractivity contribution is 7.19. The minimum atomic E-state index is 0.114.